The lowest BCUT2D eigenvalue weighted by molar-refractivity contribution is -0.128. The van der Waals surface area contributed by atoms with Crippen LogP contribution >= 0.6 is 12.4 Å². The molecule has 3 rings (SSSR count). The highest BCUT2D eigenvalue weighted by Crippen LogP contribution is 2.18. The van der Waals surface area contributed by atoms with Gasteiger partial charge >= 0.3 is 0 Å². The van der Waals surface area contributed by atoms with E-state index in [1.165, 1.54) is 0 Å². The number of benzene rings is 1. The zero-order valence-corrected chi connectivity index (χ0v) is 15.8. The van der Waals surface area contributed by atoms with Gasteiger partial charge in [0.15, 0.2) is 0 Å². The summed E-state index contributed by atoms with van der Waals surface area (Å²) in [4.78, 5) is 25.8. The molecular formula is C19H28ClN3O3. The van der Waals surface area contributed by atoms with Crippen molar-refractivity contribution in [2.75, 3.05) is 19.8 Å². The summed E-state index contributed by atoms with van der Waals surface area (Å²) in [5.74, 6) is 0.339. The van der Waals surface area contributed by atoms with Crippen molar-refractivity contribution in [3.63, 3.8) is 0 Å². The maximum atomic E-state index is 12.2. The standard InChI is InChI=1S/C19H27N3O3.ClH/c20-18(16-7-10-25-11-8-16)19(24)21-12-14-3-5-15(6-4-14)13-22-9-1-2-17(22)23;/h3-6,16,18H,1-2,7-13,20H2,(H,21,24);1H. The van der Waals surface area contributed by atoms with Crippen LogP contribution in [0.3, 0.4) is 0 Å². The summed E-state index contributed by atoms with van der Waals surface area (Å²) in [5.41, 5.74) is 8.23. The van der Waals surface area contributed by atoms with Gasteiger partial charge in [0.1, 0.15) is 0 Å². The number of halogens is 1. The van der Waals surface area contributed by atoms with Gasteiger partial charge in [0.25, 0.3) is 0 Å². The normalized spacial score (nSPS) is 19.1. The second-order valence-corrected chi connectivity index (χ2v) is 6.93. The van der Waals surface area contributed by atoms with Gasteiger partial charge in [-0.2, -0.15) is 0 Å². The number of carbonyl (C=O) groups excluding carboxylic acids is 2. The highest BCUT2D eigenvalue weighted by Gasteiger charge is 2.26. The molecule has 0 radical (unpaired) electrons. The Morgan fingerprint density at radius 1 is 1.23 bits per heavy atom. The van der Waals surface area contributed by atoms with Gasteiger partial charge in [0, 0.05) is 39.3 Å². The van der Waals surface area contributed by atoms with Gasteiger partial charge in [-0.05, 0) is 36.3 Å². The molecule has 3 N–H and O–H groups in total. The Morgan fingerprint density at radius 3 is 2.50 bits per heavy atom. The molecule has 2 aliphatic heterocycles. The molecule has 0 saturated carbocycles. The fourth-order valence-corrected chi connectivity index (χ4v) is 3.45. The second kappa shape index (κ2) is 9.90. The number of ether oxygens (including phenoxy) is 1. The van der Waals surface area contributed by atoms with E-state index in [1.807, 2.05) is 29.2 Å². The highest BCUT2D eigenvalue weighted by atomic mass is 35.5. The number of carbonyl (C=O) groups is 2. The first-order valence-corrected chi connectivity index (χ1v) is 9.10. The van der Waals surface area contributed by atoms with Gasteiger partial charge in [-0.3, -0.25) is 9.59 Å². The largest absolute Gasteiger partial charge is 0.381 e. The number of amides is 2. The van der Waals surface area contributed by atoms with E-state index >= 15 is 0 Å². The fraction of sp³-hybridized carbons (Fsp3) is 0.579. The quantitative estimate of drug-likeness (QED) is 0.783. The first-order chi connectivity index (χ1) is 12.1. The molecule has 0 aromatic heterocycles. The smallest absolute Gasteiger partial charge is 0.237 e. The van der Waals surface area contributed by atoms with Crippen LogP contribution in [0.15, 0.2) is 24.3 Å². The van der Waals surface area contributed by atoms with Gasteiger partial charge in [-0.15, -0.1) is 12.4 Å². The van der Waals surface area contributed by atoms with E-state index in [-0.39, 0.29) is 30.1 Å². The van der Waals surface area contributed by atoms with E-state index in [4.69, 9.17) is 10.5 Å². The Hall–Kier alpha value is -1.63. The number of nitrogens with one attached hydrogen (secondary N) is 1. The monoisotopic (exact) mass is 381 g/mol. The summed E-state index contributed by atoms with van der Waals surface area (Å²) in [6, 6.07) is 7.56. The summed E-state index contributed by atoms with van der Waals surface area (Å²) >= 11 is 0. The van der Waals surface area contributed by atoms with Crippen molar-refractivity contribution in [3.8, 4) is 0 Å². The van der Waals surface area contributed by atoms with Crippen molar-refractivity contribution in [1.29, 1.82) is 0 Å². The van der Waals surface area contributed by atoms with Crippen LogP contribution in [0.5, 0.6) is 0 Å². The molecular weight excluding hydrogens is 354 g/mol. The Labute approximate surface area is 160 Å². The lowest BCUT2D eigenvalue weighted by Crippen LogP contribution is -2.46. The second-order valence-electron chi connectivity index (χ2n) is 6.93. The number of hydrogen-bond donors (Lipinski definition) is 2. The molecule has 1 aromatic carbocycles. The third-order valence-corrected chi connectivity index (χ3v) is 5.11. The van der Waals surface area contributed by atoms with Crippen LogP contribution < -0.4 is 11.1 Å². The van der Waals surface area contributed by atoms with Crippen LogP contribution in [0.4, 0.5) is 0 Å². The molecule has 0 bridgehead atoms. The van der Waals surface area contributed by atoms with Crippen LogP contribution in [0.1, 0.15) is 36.8 Å². The van der Waals surface area contributed by atoms with Crippen LogP contribution in [0.25, 0.3) is 0 Å². The van der Waals surface area contributed by atoms with E-state index in [1.54, 1.807) is 0 Å². The molecule has 1 aromatic rings. The van der Waals surface area contributed by atoms with Crippen molar-refractivity contribution >= 4 is 24.2 Å². The Morgan fingerprint density at radius 2 is 1.88 bits per heavy atom. The molecule has 144 valence electrons. The highest BCUT2D eigenvalue weighted by molar-refractivity contribution is 5.85. The lowest BCUT2D eigenvalue weighted by atomic mass is 9.92. The van der Waals surface area contributed by atoms with Crippen molar-refractivity contribution in [1.82, 2.24) is 10.2 Å². The molecule has 2 aliphatic rings. The molecule has 2 heterocycles. The van der Waals surface area contributed by atoms with Crippen LogP contribution in [0, 0.1) is 5.92 Å². The number of nitrogens with two attached hydrogens (primary N) is 1. The molecule has 1 unspecified atom stereocenters. The Balaban J connectivity index is 0.00000243. The zero-order chi connectivity index (χ0) is 17.6. The molecule has 0 spiro atoms. The van der Waals surface area contributed by atoms with Gasteiger partial charge < -0.3 is 20.7 Å². The van der Waals surface area contributed by atoms with Crippen molar-refractivity contribution < 1.29 is 14.3 Å². The summed E-state index contributed by atoms with van der Waals surface area (Å²) in [6.07, 6.45) is 3.31. The van der Waals surface area contributed by atoms with E-state index in [0.29, 0.717) is 32.7 Å². The maximum absolute atomic E-state index is 12.2. The van der Waals surface area contributed by atoms with Gasteiger partial charge in [0.2, 0.25) is 11.8 Å². The van der Waals surface area contributed by atoms with Crippen molar-refractivity contribution in [3.05, 3.63) is 35.4 Å². The summed E-state index contributed by atoms with van der Waals surface area (Å²) in [5, 5.41) is 2.93. The number of nitrogens with zero attached hydrogens (tertiary/aromatic N) is 1. The van der Waals surface area contributed by atoms with Crippen molar-refractivity contribution in [2.24, 2.45) is 11.7 Å². The topological polar surface area (TPSA) is 84.7 Å². The Kier molecular flexibility index (Phi) is 7.87. The molecule has 2 amide bonds. The average molecular weight is 382 g/mol. The van der Waals surface area contributed by atoms with Crippen LogP contribution in [0.2, 0.25) is 0 Å². The van der Waals surface area contributed by atoms with E-state index in [0.717, 1.165) is 36.9 Å². The summed E-state index contributed by atoms with van der Waals surface area (Å²) in [7, 11) is 0. The molecule has 2 saturated heterocycles. The minimum absolute atomic E-state index is 0. The maximum Gasteiger partial charge on any atom is 0.237 e. The fourth-order valence-electron chi connectivity index (χ4n) is 3.45. The molecule has 7 heteroatoms. The van der Waals surface area contributed by atoms with E-state index in [9.17, 15) is 9.59 Å². The van der Waals surface area contributed by atoms with Gasteiger partial charge in [0.05, 0.1) is 6.04 Å². The minimum Gasteiger partial charge on any atom is -0.381 e. The lowest BCUT2D eigenvalue weighted by Gasteiger charge is -2.26. The van der Waals surface area contributed by atoms with Crippen LogP contribution in [-0.4, -0.2) is 42.5 Å². The summed E-state index contributed by atoms with van der Waals surface area (Å²) < 4.78 is 5.31. The zero-order valence-electron chi connectivity index (χ0n) is 15.0. The first-order valence-electron chi connectivity index (χ1n) is 9.10. The third-order valence-electron chi connectivity index (χ3n) is 5.11. The SMILES string of the molecule is Cl.NC(C(=O)NCc1ccc(CN2CCCC2=O)cc1)C1CCOCC1. The molecule has 1 atom stereocenters. The first kappa shape index (κ1) is 20.7. The minimum atomic E-state index is -0.468. The third kappa shape index (κ3) is 5.43. The van der Waals surface area contributed by atoms with E-state index < -0.39 is 6.04 Å². The molecule has 6 nitrogen and oxygen atoms in total. The average Bonchev–Trinajstić information content (AvgIpc) is 3.05. The van der Waals surface area contributed by atoms with Gasteiger partial charge in [-0.25, -0.2) is 0 Å². The summed E-state index contributed by atoms with van der Waals surface area (Å²) in [6.45, 7) is 3.36. The predicted octanol–water partition coefficient (Wildman–Crippen LogP) is 1.60. The number of likely N-dealkylation sites (tertiary alicyclic amines) is 1. The Bertz CT molecular complexity index is 603. The number of rotatable bonds is 6. The van der Waals surface area contributed by atoms with Crippen LogP contribution in [-0.2, 0) is 27.4 Å². The van der Waals surface area contributed by atoms with Gasteiger partial charge in [-0.1, -0.05) is 24.3 Å². The molecule has 0 aliphatic carbocycles. The molecule has 2 fully saturated rings. The molecule has 26 heavy (non-hydrogen) atoms. The van der Waals surface area contributed by atoms with E-state index in [2.05, 4.69) is 5.32 Å². The predicted molar refractivity (Wildman–Crippen MR) is 102 cm³/mol. The van der Waals surface area contributed by atoms with Crippen molar-refractivity contribution in [2.45, 2.75) is 44.8 Å². The number of hydrogen-bond acceptors (Lipinski definition) is 4.